The molecule has 0 spiro atoms. The molecule has 29 heavy (non-hydrogen) atoms. The Morgan fingerprint density at radius 2 is 1.38 bits per heavy atom. The van der Waals surface area contributed by atoms with Crippen molar-refractivity contribution in [3.63, 3.8) is 0 Å². The summed E-state index contributed by atoms with van der Waals surface area (Å²) in [6, 6.07) is 13.2. The van der Waals surface area contributed by atoms with Crippen molar-refractivity contribution in [1.82, 2.24) is 9.80 Å². The molecular formula is C23H29ClF2N2O. The summed E-state index contributed by atoms with van der Waals surface area (Å²) >= 11 is 0. The highest BCUT2D eigenvalue weighted by Crippen LogP contribution is 2.30. The first kappa shape index (κ1) is 23.3. The van der Waals surface area contributed by atoms with Crippen LogP contribution < -0.4 is 0 Å². The third kappa shape index (κ3) is 6.51. The minimum absolute atomic E-state index is 0. The summed E-state index contributed by atoms with van der Waals surface area (Å²) in [5.41, 5.74) is 2.10. The van der Waals surface area contributed by atoms with E-state index in [0.29, 0.717) is 6.42 Å². The predicted molar refractivity (Wildman–Crippen MR) is 114 cm³/mol. The van der Waals surface area contributed by atoms with Crippen LogP contribution in [0.2, 0.25) is 0 Å². The first-order chi connectivity index (χ1) is 13.6. The van der Waals surface area contributed by atoms with Gasteiger partial charge in [0.25, 0.3) is 0 Å². The van der Waals surface area contributed by atoms with Gasteiger partial charge in [0.15, 0.2) is 0 Å². The lowest BCUT2D eigenvalue weighted by atomic mass is 9.87. The van der Waals surface area contributed by atoms with E-state index >= 15 is 0 Å². The molecule has 3 rings (SSSR count). The molecule has 0 saturated carbocycles. The number of benzene rings is 2. The van der Waals surface area contributed by atoms with E-state index in [2.05, 4.69) is 4.90 Å². The molecule has 0 aliphatic carbocycles. The van der Waals surface area contributed by atoms with Gasteiger partial charge in [-0.15, -0.1) is 12.4 Å². The van der Waals surface area contributed by atoms with Gasteiger partial charge in [-0.3, -0.25) is 9.69 Å². The summed E-state index contributed by atoms with van der Waals surface area (Å²) in [5, 5.41) is 0. The molecule has 1 amide bonds. The highest BCUT2D eigenvalue weighted by atomic mass is 35.5. The van der Waals surface area contributed by atoms with Crippen LogP contribution in [0.1, 0.15) is 43.2 Å². The summed E-state index contributed by atoms with van der Waals surface area (Å²) in [7, 11) is 0. The van der Waals surface area contributed by atoms with Crippen molar-refractivity contribution in [3.05, 3.63) is 71.3 Å². The lowest BCUT2D eigenvalue weighted by molar-refractivity contribution is -0.132. The van der Waals surface area contributed by atoms with Crippen molar-refractivity contribution in [2.24, 2.45) is 0 Å². The van der Waals surface area contributed by atoms with Gasteiger partial charge in [-0.2, -0.15) is 0 Å². The summed E-state index contributed by atoms with van der Waals surface area (Å²) in [4.78, 5) is 16.1. The van der Waals surface area contributed by atoms with E-state index < -0.39 is 0 Å². The molecule has 1 aliphatic heterocycles. The number of carbonyl (C=O) groups excluding carboxylic acids is 1. The molecule has 1 saturated heterocycles. The van der Waals surface area contributed by atoms with E-state index in [4.69, 9.17) is 0 Å². The molecule has 2 aromatic carbocycles. The maximum absolute atomic E-state index is 13.3. The van der Waals surface area contributed by atoms with Crippen LogP contribution >= 0.6 is 12.4 Å². The number of halogens is 3. The average molecular weight is 423 g/mol. The molecule has 0 bridgehead atoms. The zero-order valence-electron chi connectivity index (χ0n) is 16.8. The zero-order chi connectivity index (χ0) is 19.9. The second-order valence-corrected chi connectivity index (χ2v) is 7.37. The molecule has 1 heterocycles. The Balaban J connectivity index is 0.00000300. The number of amides is 1. The number of hydrogen-bond acceptors (Lipinski definition) is 2. The lowest BCUT2D eigenvalue weighted by Crippen LogP contribution is -2.48. The molecule has 0 N–H and O–H groups in total. The summed E-state index contributed by atoms with van der Waals surface area (Å²) in [5.74, 6) is -0.154. The highest BCUT2D eigenvalue weighted by Gasteiger charge is 2.20. The van der Waals surface area contributed by atoms with Gasteiger partial charge >= 0.3 is 0 Å². The molecule has 2 aromatic rings. The van der Waals surface area contributed by atoms with E-state index in [9.17, 15) is 13.6 Å². The van der Waals surface area contributed by atoms with E-state index in [1.807, 2.05) is 36.1 Å². The Bertz CT molecular complexity index is 714. The molecular weight excluding hydrogens is 394 g/mol. The third-order valence-corrected chi connectivity index (χ3v) is 5.54. The van der Waals surface area contributed by atoms with Crippen LogP contribution in [0.4, 0.5) is 8.78 Å². The van der Waals surface area contributed by atoms with Crippen LogP contribution in [0.3, 0.4) is 0 Å². The van der Waals surface area contributed by atoms with Crippen LogP contribution in [0.15, 0.2) is 48.5 Å². The van der Waals surface area contributed by atoms with Gasteiger partial charge in [-0.05, 0) is 54.8 Å². The van der Waals surface area contributed by atoms with Crippen LogP contribution in [0.5, 0.6) is 0 Å². The van der Waals surface area contributed by atoms with Crippen molar-refractivity contribution in [1.29, 1.82) is 0 Å². The first-order valence-electron chi connectivity index (χ1n) is 10.1. The normalized spacial score (nSPS) is 14.7. The summed E-state index contributed by atoms with van der Waals surface area (Å²) < 4.78 is 26.7. The van der Waals surface area contributed by atoms with Gasteiger partial charge in [0.2, 0.25) is 5.91 Å². The topological polar surface area (TPSA) is 23.6 Å². The first-order valence-corrected chi connectivity index (χ1v) is 10.1. The molecule has 0 atom stereocenters. The van der Waals surface area contributed by atoms with Crippen molar-refractivity contribution in [3.8, 4) is 0 Å². The molecule has 0 unspecified atom stereocenters. The fraction of sp³-hybridized carbons (Fsp3) is 0.435. The molecule has 1 aliphatic rings. The average Bonchev–Trinajstić information content (AvgIpc) is 2.73. The van der Waals surface area contributed by atoms with E-state index in [1.165, 1.54) is 24.3 Å². The SMILES string of the molecule is CCC(=O)N1CCN(CCCC(c2ccc(F)cc2)c2ccc(F)cc2)CC1.Cl. The van der Waals surface area contributed by atoms with E-state index in [-0.39, 0.29) is 35.9 Å². The molecule has 0 aromatic heterocycles. The Hall–Kier alpha value is -1.98. The maximum Gasteiger partial charge on any atom is 0.222 e. The Kier molecular flexibility index (Phi) is 9.05. The maximum atomic E-state index is 13.3. The van der Waals surface area contributed by atoms with Crippen LogP contribution in [-0.2, 0) is 4.79 Å². The van der Waals surface area contributed by atoms with Crippen molar-refractivity contribution in [2.45, 2.75) is 32.1 Å². The second-order valence-electron chi connectivity index (χ2n) is 7.37. The third-order valence-electron chi connectivity index (χ3n) is 5.54. The van der Waals surface area contributed by atoms with Crippen molar-refractivity contribution in [2.75, 3.05) is 32.7 Å². The summed E-state index contributed by atoms with van der Waals surface area (Å²) in [6.45, 7) is 6.28. The van der Waals surface area contributed by atoms with Gasteiger partial charge in [0.1, 0.15) is 11.6 Å². The highest BCUT2D eigenvalue weighted by molar-refractivity contribution is 5.85. The monoisotopic (exact) mass is 422 g/mol. The lowest BCUT2D eigenvalue weighted by Gasteiger charge is -2.35. The smallest absolute Gasteiger partial charge is 0.222 e. The number of piperazine rings is 1. The second kappa shape index (κ2) is 11.3. The zero-order valence-corrected chi connectivity index (χ0v) is 17.6. The molecule has 1 fully saturated rings. The van der Waals surface area contributed by atoms with Crippen LogP contribution in [0, 0.1) is 11.6 Å². The van der Waals surface area contributed by atoms with E-state index in [1.54, 1.807) is 0 Å². The van der Waals surface area contributed by atoms with Crippen molar-refractivity contribution < 1.29 is 13.6 Å². The molecule has 158 valence electrons. The Morgan fingerprint density at radius 1 is 0.897 bits per heavy atom. The largest absolute Gasteiger partial charge is 0.340 e. The predicted octanol–water partition coefficient (Wildman–Crippen LogP) is 4.85. The number of rotatable bonds is 7. The summed E-state index contributed by atoms with van der Waals surface area (Å²) in [6.07, 6.45) is 2.46. The minimum Gasteiger partial charge on any atom is -0.340 e. The quantitative estimate of drug-likeness (QED) is 0.636. The van der Waals surface area contributed by atoms with Crippen LogP contribution in [-0.4, -0.2) is 48.4 Å². The number of hydrogen-bond donors (Lipinski definition) is 0. The van der Waals surface area contributed by atoms with Gasteiger partial charge in [0, 0.05) is 38.5 Å². The Labute approximate surface area is 178 Å². The molecule has 6 heteroatoms. The fourth-order valence-corrected chi connectivity index (χ4v) is 3.88. The van der Waals surface area contributed by atoms with Crippen molar-refractivity contribution >= 4 is 18.3 Å². The van der Waals surface area contributed by atoms with Gasteiger partial charge < -0.3 is 4.90 Å². The van der Waals surface area contributed by atoms with Gasteiger partial charge in [-0.25, -0.2) is 8.78 Å². The van der Waals surface area contributed by atoms with Crippen LogP contribution in [0.25, 0.3) is 0 Å². The number of nitrogens with zero attached hydrogens (tertiary/aromatic N) is 2. The number of carbonyl (C=O) groups is 1. The standard InChI is InChI=1S/C23H28F2N2O.ClH/c1-2-23(28)27-16-14-26(15-17-27)13-3-4-22(18-5-9-20(24)10-6-18)19-7-11-21(25)12-8-19;/h5-12,22H,2-4,13-17H2,1H3;1H. The van der Waals surface area contributed by atoms with Gasteiger partial charge in [-0.1, -0.05) is 31.2 Å². The fourth-order valence-electron chi connectivity index (χ4n) is 3.88. The molecule has 3 nitrogen and oxygen atoms in total. The molecule has 0 radical (unpaired) electrons. The van der Waals surface area contributed by atoms with Gasteiger partial charge in [0.05, 0.1) is 0 Å². The Morgan fingerprint density at radius 3 is 1.83 bits per heavy atom. The minimum atomic E-state index is -0.249. The van der Waals surface area contributed by atoms with E-state index in [0.717, 1.165) is 56.7 Å².